The molecule has 0 spiro atoms. The second kappa shape index (κ2) is 13.4. The number of Topliss-reactive ketones (excluding diaryl/α,β-unsaturated/α-hetero) is 1. The number of hydrogen-bond acceptors (Lipinski definition) is 7. The molecule has 5 aliphatic rings. The molecule has 7 atom stereocenters. The van der Waals surface area contributed by atoms with E-state index in [1.807, 2.05) is 62.3 Å². The molecule has 3 saturated carbocycles. The second-order valence-electron chi connectivity index (χ2n) is 19.9. The fraction of sp³-hybridized carbons (Fsp3) is 0.821. The molecule has 13 nitrogen and oxygen atoms in total. The number of carbonyl (C=O) groups excluding carboxylic acids is 7. The zero-order valence-electron chi connectivity index (χ0n) is 33.2. The van der Waals surface area contributed by atoms with Crippen LogP contribution in [0.15, 0.2) is 0 Å². The SMILES string of the molecule is CCC[C@H]1C[C@]1(NC(=O)[C@@H]1[C@@H]2[C@H](CN1C(=O)[C@@H](NC(=O)N[C@H](CN1C(=O)CC(C)(C)CC1=O)C(C)(C)C)C(C)(C)C)C2(C)C)C(=O)C(=O)NC1CC1. The highest BCUT2D eigenvalue weighted by atomic mass is 16.2. The number of piperidine rings is 2. The summed E-state index contributed by atoms with van der Waals surface area (Å²) in [5.41, 5.74) is -3.22. The Balaban J connectivity index is 1.33. The maximum atomic E-state index is 14.6. The van der Waals surface area contributed by atoms with E-state index in [0.717, 1.165) is 19.3 Å². The van der Waals surface area contributed by atoms with Crippen LogP contribution in [0.2, 0.25) is 0 Å². The number of nitrogens with one attached hydrogen (secondary N) is 4. The Morgan fingerprint density at radius 2 is 1.48 bits per heavy atom. The van der Waals surface area contributed by atoms with Gasteiger partial charge in [0.25, 0.3) is 5.91 Å². The van der Waals surface area contributed by atoms with E-state index in [1.54, 1.807) is 4.90 Å². The van der Waals surface area contributed by atoms with Crippen molar-refractivity contribution in [2.75, 3.05) is 13.1 Å². The Bertz CT molecular complexity index is 1500. The number of carbonyl (C=O) groups is 7. The van der Waals surface area contributed by atoms with Crippen LogP contribution in [0.4, 0.5) is 4.79 Å². The molecule has 0 bridgehead atoms. The molecule has 0 unspecified atom stereocenters. The number of fused-ring (bicyclic) bond motifs is 1. The van der Waals surface area contributed by atoms with Gasteiger partial charge in [-0.3, -0.25) is 33.7 Å². The number of urea groups is 1. The monoisotopic (exact) mass is 726 g/mol. The molecular formula is C39H62N6O7. The van der Waals surface area contributed by atoms with Gasteiger partial charge in [-0.1, -0.05) is 82.6 Å². The van der Waals surface area contributed by atoms with E-state index in [1.165, 1.54) is 4.90 Å². The zero-order chi connectivity index (χ0) is 38.9. The van der Waals surface area contributed by atoms with Crippen LogP contribution in [0.25, 0.3) is 0 Å². The number of likely N-dealkylation sites (tertiary alicyclic amines) is 2. The molecule has 2 aliphatic heterocycles. The summed E-state index contributed by atoms with van der Waals surface area (Å²) in [4.78, 5) is 97.9. The predicted octanol–water partition coefficient (Wildman–Crippen LogP) is 3.30. The standard InChI is InChI=1S/C39H62N6O7/c1-12-13-21-16-39(21,30(48)32(50)40-22-14-15-22)43-31(49)28-27-23(38(27,10)11)19-45(28)33(51)29(36(5,6)7)42-34(52)41-24(35(2,3)4)20-44-25(46)17-37(8,9)18-26(44)47/h21-24,27-29H,12-20H2,1-11H3,(H,40,50)(H,43,49)(H2,41,42,52)/t21-,23-,24+,27-,28-,29+,39+/m0/s1. The number of imide groups is 1. The van der Waals surface area contributed by atoms with E-state index in [-0.39, 0.29) is 60.4 Å². The first kappa shape index (κ1) is 39.7. The van der Waals surface area contributed by atoms with Crippen molar-refractivity contribution in [1.82, 2.24) is 31.1 Å². The lowest BCUT2D eigenvalue weighted by Gasteiger charge is -2.41. The van der Waals surface area contributed by atoms with Crippen LogP contribution in [-0.2, 0) is 28.8 Å². The number of hydrogen-bond donors (Lipinski definition) is 4. The van der Waals surface area contributed by atoms with Crippen molar-refractivity contribution in [3.8, 4) is 0 Å². The third-order valence-electron chi connectivity index (χ3n) is 12.3. The average Bonchev–Trinajstić information content (AvgIpc) is 3.95. The van der Waals surface area contributed by atoms with E-state index in [2.05, 4.69) is 35.1 Å². The van der Waals surface area contributed by atoms with Gasteiger partial charge in [-0.05, 0) is 65.1 Å². The van der Waals surface area contributed by atoms with Gasteiger partial charge in [-0.15, -0.1) is 0 Å². The first-order valence-electron chi connectivity index (χ1n) is 19.2. The van der Waals surface area contributed by atoms with Crippen molar-refractivity contribution in [1.29, 1.82) is 0 Å². The van der Waals surface area contributed by atoms with Gasteiger partial charge < -0.3 is 26.2 Å². The normalized spacial score (nSPS) is 30.1. The molecular weight excluding hydrogens is 664 g/mol. The van der Waals surface area contributed by atoms with E-state index >= 15 is 0 Å². The summed E-state index contributed by atoms with van der Waals surface area (Å²) in [6, 6.07) is -3.14. The van der Waals surface area contributed by atoms with E-state index in [4.69, 9.17) is 0 Å². The number of rotatable bonds is 12. The Labute approximate surface area is 308 Å². The van der Waals surface area contributed by atoms with Crippen LogP contribution < -0.4 is 21.3 Å². The summed E-state index contributed by atoms with van der Waals surface area (Å²) in [7, 11) is 0. The zero-order valence-corrected chi connectivity index (χ0v) is 33.2. The molecule has 2 heterocycles. The van der Waals surface area contributed by atoms with Crippen molar-refractivity contribution < 1.29 is 33.6 Å². The molecule has 290 valence electrons. The topological polar surface area (TPSA) is 174 Å². The summed E-state index contributed by atoms with van der Waals surface area (Å²) in [6.45, 7) is 21.5. The largest absolute Gasteiger partial charge is 0.347 e. The maximum Gasteiger partial charge on any atom is 0.315 e. The van der Waals surface area contributed by atoms with Crippen LogP contribution in [0, 0.1) is 39.4 Å². The van der Waals surface area contributed by atoms with Crippen LogP contribution in [-0.4, -0.2) is 93.9 Å². The molecule has 0 aromatic carbocycles. The Morgan fingerprint density at radius 3 is 2.00 bits per heavy atom. The lowest BCUT2D eigenvalue weighted by Crippen LogP contribution is -2.63. The van der Waals surface area contributed by atoms with Gasteiger partial charge in [-0.25, -0.2) is 4.79 Å². The number of ketones is 1. The van der Waals surface area contributed by atoms with Gasteiger partial charge >= 0.3 is 6.03 Å². The summed E-state index contributed by atoms with van der Waals surface area (Å²) >= 11 is 0. The highest BCUT2D eigenvalue weighted by molar-refractivity contribution is 6.41. The van der Waals surface area contributed by atoms with Crippen LogP contribution in [0.1, 0.15) is 121 Å². The van der Waals surface area contributed by atoms with Gasteiger partial charge in [0, 0.05) is 32.0 Å². The van der Waals surface area contributed by atoms with Crippen LogP contribution in [0.3, 0.4) is 0 Å². The Kier molecular flexibility index (Phi) is 10.2. The van der Waals surface area contributed by atoms with E-state index in [0.29, 0.717) is 19.4 Å². The van der Waals surface area contributed by atoms with E-state index in [9.17, 15) is 33.6 Å². The van der Waals surface area contributed by atoms with E-state index < -0.39 is 69.4 Å². The highest BCUT2D eigenvalue weighted by Crippen LogP contribution is 2.65. The van der Waals surface area contributed by atoms with Crippen molar-refractivity contribution in [3.63, 3.8) is 0 Å². The highest BCUT2D eigenvalue weighted by Gasteiger charge is 2.71. The molecule has 3 aliphatic carbocycles. The van der Waals surface area contributed by atoms with Crippen molar-refractivity contribution in [3.05, 3.63) is 0 Å². The minimum atomic E-state index is -1.28. The predicted molar refractivity (Wildman–Crippen MR) is 194 cm³/mol. The molecule has 5 rings (SSSR count). The first-order valence-corrected chi connectivity index (χ1v) is 19.2. The van der Waals surface area contributed by atoms with Crippen molar-refractivity contribution in [2.45, 2.75) is 151 Å². The maximum absolute atomic E-state index is 14.6. The van der Waals surface area contributed by atoms with Crippen LogP contribution >= 0.6 is 0 Å². The number of nitrogens with zero attached hydrogens (tertiary/aromatic N) is 2. The van der Waals surface area contributed by atoms with Gasteiger partial charge in [0.15, 0.2) is 0 Å². The van der Waals surface area contributed by atoms with Gasteiger partial charge in [0.1, 0.15) is 17.6 Å². The van der Waals surface area contributed by atoms with Crippen molar-refractivity contribution in [2.24, 2.45) is 39.4 Å². The minimum Gasteiger partial charge on any atom is -0.347 e. The minimum absolute atomic E-state index is 0.00316. The summed E-state index contributed by atoms with van der Waals surface area (Å²) in [5.74, 6) is -2.93. The summed E-state index contributed by atoms with van der Waals surface area (Å²) in [6.07, 6.45) is 4.00. The fourth-order valence-electron chi connectivity index (χ4n) is 8.58. The first-order chi connectivity index (χ1) is 23.8. The van der Waals surface area contributed by atoms with Crippen LogP contribution in [0.5, 0.6) is 0 Å². The molecule has 4 N–H and O–H groups in total. The molecule has 13 heteroatoms. The van der Waals surface area contributed by atoms with Gasteiger partial charge in [0.05, 0.1) is 6.04 Å². The molecule has 5 fully saturated rings. The lowest BCUT2D eigenvalue weighted by atomic mass is 9.80. The van der Waals surface area contributed by atoms with Crippen molar-refractivity contribution >= 4 is 41.4 Å². The Hall–Kier alpha value is -3.51. The average molecular weight is 727 g/mol. The quantitative estimate of drug-likeness (QED) is 0.176. The third kappa shape index (κ3) is 7.88. The molecule has 52 heavy (non-hydrogen) atoms. The molecule has 0 radical (unpaired) electrons. The smallest absolute Gasteiger partial charge is 0.315 e. The number of amides is 7. The van der Waals surface area contributed by atoms with Gasteiger partial charge in [-0.2, -0.15) is 0 Å². The third-order valence-corrected chi connectivity index (χ3v) is 12.3. The molecule has 0 aromatic rings. The van der Waals surface area contributed by atoms with Gasteiger partial charge in [0.2, 0.25) is 29.4 Å². The Morgan fingerprint density at radius 1 is 0.885 bits per heavy atom. The second-order valence-corrected chi connectivity index (χ2v) is 19.9. The lowest BCUT2D eigenvalue weighted by molar-refractivity contribution is -0.153. The summed E-state index contributed by atoms with van der Waals surface area (Å²) in [5, 5.41) is 11.6. The fourth-order valence-corrected chi connectivity index (χ4v) is 8.58. The molecule has 7 amide bonds. The molecule has 0 aromatic heterocycles. The molecule has 2 saturated heterocycles. The summed E-state index contributed by atoms with van der Waals surface area (Å²) < 4.78 is 0.